The van der Waals surface area contributed by atoms with Crippen LogP contribution in [0.15, 0.2) is 0 Å². The summed E-state index contributed by atoms with van der Waals surface area (Å²) in [6.07, 6.45) is -1.58. The fraction of sp³-hybridized carbons (Fsp3) is 0.778. The predicted molar refractivity (Wildman–Crippen MR) is 49.6 cm³/mol. The minimum atomic E-state index is -0.971. The molecule has 1 radical (unpaired) electrons. The first-order chi connectivity index (χ1) is 7.15. The Balaban J connectivity index is 3.81. The second-order valence-corrected chi connectivity index (χ2v) is 2.59. The van der Waals surface area contributed by atoms with Crippen molar-refractivity contribution in [2.24, 2.45) is 0 Å². The smallest absolute Gasteiger partial charge is 0.418 e. The van der Waals surface area contributed by atoms with Gasteiger partial charge in [0.1, 0.15) is 6.61 Å². The summed E-state index contributed by atoms with van der Waals surface area (Å²) in [7, 11) is 1.44. The zero-order chi connectivity index (χ0) is 11.7. The molecule has 0 bridgehead atoms. The highest BCUT2D eigenvalue weighted by Crippen LogP contribution is 1.98. The van der Waals surface area contributed by atoms with Crippen LogP contribution in [0.25, 0.3) is 0 Å². The minimum Gasteiger partial charge on any atom is -0.458 e. The van der Waals surface area contributed by atoms with Crippen LogP contribution < -0.4 is 0 Å². The average molecular weight is 219 g/mol. The van der Waals surface area contributed by atoms with Gasteiger partial charge in [-0.3, -0.25) is 0 Å². The summed E-state index contributed by atoms with van der Waals surface area (Å²) in [5.41, 5.74) is 0. The third kappa shape index (κ3) is 6.03. The summed E-state index contributed by atoms with van der Waals surface area (Å²) in [4.78, 5) is 20.9. The number of methoxy groups -OCH3 is 1. The molecule has 87 valence electrons. The van der Waals surface area contributed by atoms with Crippen molar-refractivity contribution >= 4 is 12.4 Å². The number of esters is 1. The molecule has 0 spiro atoms. The van der Waals surface area contributed by atoms with E-state index < -0.39 is 18.4 Å². The van der Waals surface area contributed by atoms with E-state index in [2.05, 4.69) is 4.74 Å². The lowest BCUT2D eigenvalue weighted by Gasteiger charge is -2.16. The highest BCUT2D eigenvalue weighted by atomic mass is 16.7. The first-order valence-electron chi connectivity index (χ1n) is 4.49. The van der Waals surface area contributed by atoms with Gasteiger partial charge in [-0.25, -0.2) is 9.59 Å². The van der Waals surface area contributed by atoms with E-state index >= 15 is 0 Å². The molecule has 0 fully saturated rings. The molecule has 0 N–H and O–H groups in total. The molecule has 0 saturated heterocycles. The van der Waals surface area contributed by atoms with Gasteiger partial charge in [-0.2, -0.15) is 0 Å². The Bertz CT molecular complexity index is 193. The topological polar surface area (TPSA) is 71.1 Å². The van der Waals surface area contributed by atoms with E-state index in [0.717, 1.165) is 6.47 Å². The Labute approximate surface area is 88.4 Å². The standard InChI is InChI=1S/C9H15O6/c1-4-13-8(12-3)5-14-9(11)7(2)15-6-10/h7-8H,4-5H2,1-3H3. The lowest BCUT2D eigenvalue weighted by molar-refractivity contribution is -0.177. The fourth-order valence-electron chi connectivity index (χ4n) is 0.758. The molecule has 6 nitrogen and oxygen atoms in total. The number of carbonyl (C=O) groups excluding carboxylic acids is 2. The zero-order valence-corrected chi connectivity index (χ0v) is 9.02. The second-order valence-electron chi connectivity index (χ2n) is 2.59. The second kappa shape index (κ2) is 8.19. The van der Waals surface area contributed by atoms with E-state index in [9.17, 15) is 9.59 Å². The van der Waals surface area contributed by atoms with Crippen LogP contribution in [-0.4, -0.2) is 45.2 Å². The summed E-state index contributed by atoms with van der Waals surface area (Å²) in [5, 5.41) is 0. The van der Waals surface area contributed by atoms with Crippen LogP contribution >= 0.6 is 0 Å². The molecule has 0 aliphatic carbocycles. The van der Waals surface area contributed by atoms with Crippen molar-refractivity contribution in [3.63, 3.8) is 0 Å². The van der Waals surface area contributed by atoms with Crippen molar-refractivity contribution in [1.82, 2.24) is 0 Å². The quantitative estimate of drug-likeness (QED) is 0.423. The Kier molecular flexibility index (Phi) is 7.57. The SMILES string of the molecule is CCOC(COC(=O)C(C)O[C]=O)OC. The number of hydrogen-bond donors (Lipinski definition) is 0. The van der Waals surface area contributed by atoms with E-state index in [-0.39, 0.29) is 6.61 Å². The molecule has 0 aliphatic heterocycles. The van der Waals surface area contributed by atoms with Crippen LogP contribution in [-0.2, 0) is 28.5 Å². The molecule has 15 heavy (non-hydrogen) atoms. The lowest BCUT2D eigenvalue weighted by atomic mass is 10.4. The molecular formula is C9H15O6. The molecule has 0 aromatic heterocycles. The largest absolute Gasteiger partial charge is 0.458 e. The third-order valence-electron chi connectivity index (χ3n) is 1.53. The lowest BCUT2D eigenvalue weighted by Crippen LogP contribution is -2.29. The monoisotopic (exact) mass is 219 g/mol. The molecule has 0 heterocycles. The van der Waals surface area contributed by atoms with E-state index in [1.807, 2.05) is 0 Å². The van der Waals surface area contributed by atoms with E-state index in [0.29, 0.717) is 6.61 Å². The molecule has 0 aliphatic rings. The van der Waals surface area contributed by atoms with Crippen LogP contribution in [0.4, 0.5) is 0 Å². The molecular weight excluding hydrogens is 204 g/mol. The highest BCUT2D eigenvalue weighted by molar-refractivity contribution is 5.75. The van der Waals surface area contributed by atoms with E-state index in [1.165, 1.54) is 14.0 Å². The number of ether oxygens (including phenoxy) is 4. The molecule has 0 saturated carbocycles. The van der Waals surface area contributed by atoms with Crippen molar-refractivity contribution < 1.29 is 28.5 Å². The van der Waals surface area contributed by atoms with Gasteiger partial charge in [-0.15, -0.1) is 0 Å². The first kappa shape index (κ1) is 13.9. The maximum atomic E-state index is 11.1. The van der Waals surface area contributed by atoms with E-state index in [1.54, 1.807) is 6.92 Å². The van der Waals surface area contributed by atoms with Crippen molar-refractivity contribution in [2.45, 2.75) is 26.2 Å². The highest BCUT2D eigenvalue weighted by Gasteiger charge is 2.18. The molecule has 2 unspecified atom stereocenters. The van der Waals surface area contributed by atoms with Crippen LogP contribution in [0.1, 0.15) is 13.8 Å². The average Bonchev–Trinajstić information content (AvgIpc) is 2.24. The van der Waals surface area contributed by atoms with Gasteiger partial charge >= 0.3 is 12.4 Å². The maximum Gasteiger partial charge on any atom is 0.418 e. The number of carbonyl (C=O) groups is 1. The zero-order valence-electron chi connectivity index (χ0n) is 9.02. The van der Waals surface area contributed by atoms with Gasteiger partial charge in [-0.05, 0) is 13.8 Å². The van der Waals surface area contributed by atoms with Crippen molar-refractivity contribution in [3.05, 3.63) is 0 Å². The molecule has 0 rings (SSSR count). The van der Waals surface area contributed by atoms with Crippen LogP contribution in [0.2, 0.25) is 0 Å². The summed E-state index contributed by atoms with van der Waals surface area (Å²) >= 11 is 0. The third-order valence-corrected chi connectivity index (χ3v) is 1.53. The van der Waals surface area contributed by atoms with Gasteiger partial charge in [0.2, 0.25) is 0 Å². The van der Waals surface area contributed by atoms with Gasteiger partial charge in [0.05, 0.1) is 0 Å². The summed E-state index contributed by atoms with van der Waals surface area (Å²) in [5.74, 6) is -0.667. The molecule has 6 heteroatoms. The van der Waals surface area contributed by atoms with Crippen LogP contribution in [0.5, 0.6) is 0 Å². The Morgan fingerprint density at radius 2 is 2.13 bits per heavy atom. The molecule has 0 aromatic carbocycles. The van der Waals surface area contributed by atoms with Crippen molar-refractivity contribution in [2.75, 3.05) is 20.3 Å². The van der Waals surface area contributed by atoms with Gasteiger partial charge in [0.25, 0.3) is 0 Å². The minimum absolute atomic E-state index is 0.0459. The number of rotatable bonds is 8. The Morgan fingerprint density at radius 1 is 1.47 bits per heavy atom. The van der Waals surface area contributed by atoms with Crippen LogP contribution in [0.3, 0.4) is 0 Å². The Hall–Kier alpha value is -1.14. The number of hydrogen-bond acceptors (Lipinski definition) is 6. The van der Waals surface area contributed by atoms with Crippen LogP contribution in [0, 0.1) is 0 Å². The maximum absolute atomic E-state index is 11.1. The molecule has 2 atom stereocenters. The van der Waals surface area contributed by atoms with Crippen molar-refractivity contribution in [3.8, 4) is 0 Å². The summed E-state index contributed by atoms with van der Waals surface area (Å²) < 4.78 is 19.0. The van der Waals surface area contributed by atoms with Gasteiger partial charge in [0.15, 0.2) is 12.4 Å². The Morgan fingerprint density at radius 3 is 2.60 bits per heavy atom. The summed E-state index contributed by atoms with van der Waals surface area (Å²) in [6.45, 7) is 4.74. The normalized spacial score (nSPS) is 14.1. The summed E-state index contributed by atoms with van der Waals surface area (Å²) in [6, 6.07) is 0. The van der Waals surface area contributed by atoms with Crippen molar-refractivity contribution in [1.29, 1.82) is 0 Å². The first-order valence-corrected chi connectivity index (χ1v) is 4.49. The molecule has 0 amide bonds. The van der Waals surface area contributed by atoms with Gasteiger partial charge < -0.3 is 18.9 Å². The predicted octanol–water partition coefficient (Wildman–Crippen LogP) is 0.0109. The van der Waals surface area contributed by atoms with E-state index in [4.69, 9.17) is 14.2 Å². The molecule has 0 aromatic rings. The fourth-order valence-corrected chi connectivity index (χ4v) is 0.758. The van der Waals surface area contributed by atoms with Gasteiger partial charge in [0, 0.05) is 13.7 Å². The van der Waals surface area contributed by atoms with Gasteiger partial charge in [-0.1, -0.05) is 0 Å².